The number of alkyl halides is 3. The summed E-state index contributed by atoms with van der Waals surface area (Å²) in [7, 11) is 0. The van der Waals surface area contributed by atoms with Gasteiger partial charge in [0.25, 0.3) is 0 Å². The molecule has 3 heterocycles. The van der Waals surface area contributed by atoms with Crippen LogP contribution in [0, 0.1) is 6.92 Å². The molecule has 2 aliphatic rings. The maximum Gasteiger partial charge on any atom is 0.451 e. The Kier molecular flexibility index (Phi) is 4.58. The van der Waals surface area contributed by atoms with Gasteiger partial charge in [-0.3, -0.25) is 4.79 Å². The zero-order chi connectivity index (χ0) is 17.5. The average molecular weight is 363 g/mol. The van der Waals surface area contributed by atoms with Crippen molar-refractivity contribution in [1.82, 2.24) is 14.3 Å². The Hall–Kier alpha value is -1.23. The second-order valence-corrected chi connectivity index (χ2v) is 7.46. The van der Waals surface area contributed by atoms with Crippen LogP contribution in [0.3, 0.4) is 0 Å². The van der Waals surface area contributed by atoms with Gasteiger partial charge in [0.05, 0.1) is 28.9 Å². The number of nitrogens with zero attached hydrogens (tertiary/aromatic N) is 3. The quantitative estimate of drug-likeness (QED) is 0.744. The van der Waals surface area contributed by atoms with Crippen molar-refractivity contribution in [2.24, 2.45) is 0 Å². The molecule has 6 nitrogen and oxygen atoms in total. The van der Waals surface area contributed by atoms with E-state index in [2.05, 4.69) is 9.97 Å². The van der Waals surface area contributed by atoms with Gasteiger partial charge in [-0.1, -0.05) is 0 Å². The predicted octanol–water partition coefficient (Wildman–Crippen LogP) is 1.65. The van der Waals surface area contributed by atoms with Gasteiger partial charge < -0.3 is 9.29 Å². The highest BCUT2D eigenvalue weighted by atomic mass is 32.2. The second-order valence-electron chi connectivity index (χ2n) is 6.01. The summed E-state index contributed by atoms with van der Waals surface area (Å²) >= 11 is -1.64. The van der Waals surface area contributed by atoms with Crippen LogP contribution >= 0.6 is 0 Å². The van der Waals surface area contributed by atoms with Crippen LogP contribution in [-0.4, -0.2) is 49.9 Å². The number of ether oxygens (including phenoxy) is 1. The molecule has 1 atom stereocenters. The van der Waals surface area contributed by atoms with E-state index in [9.17, 15) is 22.5 Å². The van der Waals surface area contributed by atoms with Gasteiger partial charge in [0.1, 0.15) is 6.61 Å². The molecule has 24 heavy (non-hydrogen) atoms. The van der Waals surface area contributed by atoms with E-state index in [1.807, 2.05) is 0 Å². The van der Waals surface area contributed by atoms with Gasteiger partial charge in [-0.15, -0.1) is 4.31 Å². The Bertz CT molecular complexity index is 648. The van der Waals surface area contributed by atoms with Gasteiger partial charge >= 0.3 is 6.18 Å². The van der Waals surface area contributed by atoms with Gasteiger partial charge in [0, 0.05) is 19.5 Å². The number of carbonyl (C=O) groups is 1. The lowest BCUT2D eigenvalue weighted by Crippen LogP contribution is -2.46. The van der Waals surface area contributed by atoms with Crippen molar-refractivity contribution in [2.45, 2.75) is 42.9 Å². The van der Waals surface area contributed by atoms with E-state index < -0.39 is 29.0 Å². The molecule has 0 amide bonds. The first-order valence-corrected chi connectivity index (χ1v) is 8.54. The third kappa shape index (κ3) is 3.41. The number of hydrogen-bond donors (Lipinski definition) is 0. The fourth-order valence-electron chi connectivity index (χ4n) is 2.98. The van der Waals surface area contributed by atoms with Gasteiger partial charge in [-0.05, 0) is 19.8 Å². The number of piperidine rings is 1. The lowest BCUT2D eigenvalue weighted by atomic mass is 9.89. The highest BCUT2D eigenvalue weighted by molar-refractivity contribution is 7.89. The van der Waals surface area contributed by atoms with E-state index in [0.29, 0.717) is 32.4 Å². The van der Waals surface area contributed by atoms with Crippen molar-refractivity contribution in [3.05, 3.63) is 17.7 Å². The van der Waals surface area contributed by atoms with Crippen LogP contribution in [0.2, 0.25) is 0 Å². The number of carbonyl (C=O) groups excluding carboxylic acids is 1. The van der Waals surface area contributed by atoms with E-state index in [4.69, 9.17) is 4.74 Å². The molecule has 0 N–H and O–H groups in total. The second kappa shape index (κ2) is 6.25. The third-order valence-corrected chi connectivity index (χ3v) is 5.91. The largest absolute Gasteiger partial charge is 0.593 e. The van der Waals surface area contributed by atoms with Crippen LogP contribution in [0.25, 0.3) is 0 Å². The minimum absolute atomic E-state index is 0.0447. The summed E-state index contributed by atoms with van der Waals surface area (Å²) in [5, 5.41) is 0. The molecule has 1 spiro atoms. The van der Waals surface area contributed by atoms with Crippen molar-refractivity contribution in [3.63, 3.8) is 0 Å². The van der Waals surface area contributed by atoms with Crippen LogP contribution in [0.15, 0.2) is 11.1 Å². The maximum absolute atomic E-state index is 12.6. The van der Waals surface area contributed by atoms with Crippen LogP contribution in [-0.2, 0) is 27.1 Å². The lowest BCUT2D eigenvalue weighted by molar-refractivity contribution is -0.145. The van der Waals surface area contributed by atoms with E-state index in [-0.39, 0.29) is 23.0 Å². The summed E-state index contributed by atoms with van der Waals surface area (Å²) in [6.45, 7) is 2.37. The summed E-state index contributed by atoms with van der Waals surface area (Å²) in [6.07, 6.45) is -2.16. The van der Waals surface area contributed by atoms with Crippen molar-refractivity contribution < 1.29 is 27.3 Å². The molecule has 1 aromatic rings. The fraction of sp³-hybridized carbons (Fsp3) is 0.643. The molecule has 10 heteroatoms. The first kappa shape index (κ1) is 17.6. The molecule has 1 aromatic heterocycles. The van der Waals surface area contributed by atoms with Crippen LogP contribution in [0.4, 0.5) is 13.2 Å². The van der Waals surface area contributed by atoms with E-state index in [1.165, 1.54) is 6.92 Å². The molecular formula is C14H16F3N3O3S. The standard InChI is InChI=1S/C14H16F3N3O3S/c1-9-11(7-18-12(19-9)14(15,16)17)24(22)20-4-2-13(3-5-20)6-10(21)8-23-13/h7H,2-6,8H2,1H3. The summed E-state index contributed by atoms with van der Waals surface area (Å²) in [4.78, 5) is 18.3. The smallest absolute Gasteiger partial charge is 0.451 e. The molecule has 0 saturated carbocycles. The molecule has 1 unspecified atom stereocenters. The van der Waals surface area contributed by atoms with Crippen molar-refractivity contribution in [2.75, 3.05) is 19.7 Å². The molecule has 132 valence electrons. The van der Waals surface area contributed by atoms with Gasteiger partial charge in [0.15, 0.2) is 5.78 Å². The van der Waals surface area contributed by atoms with Gasteiger partial charge in [0.2, 0.25) is 10.7 Å². The minimum atomic E-state index is -4.63. The minimum Gasteiger partial charge on any atom is -0.593 e. The van der Waals surface area contributed by atoms with E-state index >= 15 is 0 Å². The molecule has 0 bridgehead atoms. The zero-order valence-electron chi connectivity index (χ0n) is 12.9. The number of aromatic nitrogens is 2. The summed E-state index contributed by atoms with van der Waals surface area (Å²) in [5.74, 6) is -1.17. The maximum atomic E-state index is 12.6. The number of rotatable bonds is 2. The fourth-order valence-corrected chi connectivity index (χ4v) is 4.21. The third-order valence-electron chi connectivity index (χ3n) is 4.30. The summed E-state index contributed by atoms with van der Waals surface area (Å²) in [6, 6.07) is 0. The Morgan fingerprint density at radius 1 is 1.38 bits per heavy atom. The molecule has 0 aliphatic carbocycles. The molecule has 0 radical (unpaired) electrons. The number of hydrogen-bond acceptors (Lipinski definition) is 6. The zero-order valence-corrected chi connectivity index (χ0v) is 13.7. The topological polar surface area (TPSA) is 78.4 Å². The van der Waals surface area contributed by atoms with Gasteiger partial charge in [-0.2, -0.15) is 13.2 Å². The first-order chi connectivity index (χ1) is 11.2. The van der Waals surface area contributed by atoms with E-state index in [1.54, 1.807) is 4.31 Å². The Labute approximate surface area is 139 Å². The Morgan fingerprint density at radius 2 is 2.04 bits per heavy atom. The monoisotopic (exact) mass is 363 g/mol. The number of aryl methyl sites for hydroxylation is 1. The Balaban J connectivity index is 1.69. The molecule has 2 saturated heterocycles. The predicted molar refractivity (Wildman–Crippen MR) is 77.3 cm³/mol. The van der Waals surface area contributed by atoms with Crippen molar-refractivity contribution >= 4 is 17.1 Å². The van der Waals surface area contributed by atoms with Crippen LogP contribution in [0.5, 0.6) is 0 Å². The molecule has 3 rings (SSSR count). The van der Waals surface area contributed by atoms with E-state index in [0.717, 1.165) is 6.20 Å². The first-order valence-electron chi connectivity index (χ1n) is 7.44. The lowest BCUT2D eigenvalue weighted by Gasteiger charge is -2.37. The highest BCUT2D eigenvalue weighted by Gasteiger charge is 2.45. The summed E-state index contributed by atoms with van der Waals surface area (Å²) in [5.41, 5.74) is -0.424. The summed E-state index contributed by atoms with van der Waals surface area (Å²) < 4.78 is 57.7. The highest BCUT2D eigenvalue weighted by Crippen LogP contribution is 2.36. The molecule has 0 aromatic carbocycles. The number of ketones is 1. The molecular weight excluding hydrogens is 347 g/mol. The average Bonchev–Trinajstić information content (AvgIpc) is 2.87. The molecule has 2 aliphatic heterocycles. The number of Topliss-reactive ketones (excluding diaryl/α,β-unsaturated/α-hetero) is 1. The Morgan fingerprint density at radius 3 is 2.54 bits per heavy atom. The van der Waals surface area contributed by atoms with Crippen molar-refractivity contribution in [3.8, 4) is 0 Å². The number of halogens is 3. The SMILES string of the molecule is Cc1nc(C(F)(F)F)ncc1[S+]([O-])N1CCC2(CC1)CC(=O)CO2. The van der Waals surface area contributed by atoms with Gasteiger partial charge in [-0.25, -0.2) is 9.97 Å². The van der Waals surface area contributed by atoms with Crippen molar-refractivity contribution in [1.29, 1.82) is 0 Å². The van der Waals surface area contributed by atoms with Crippen LogP contribution < -0.4 is 0 Å². The van der Waals surface area contributed by atoms with Crippen LogP contribution in [0.1, 0.15) is 30.8 Å². The normalized spacial score (nSPS) is 23.0. The molecule has 2 fully saturated rings.